The van der Waals surface area contributed by atoms with Crippen molar-refractivity contribution in [1.82, 2.24) is 5.32 Å². The summed E-state index contributed by atoms with van der Waals surface area (Å²) in [5, 5.41) is 3.54. The molecule has 2 aromatic carbocycles. The molecule has 1 N–H and O–H groups in total. The monoisotopic (exact) mass is 347 g/mol. The number of rotatable bonds is 6. The molecule has 0 spiro atoms. The standard InChI is InChI=1S/C18H22BrNO/c1-4-20-18(14-8-10-16(19)11-9-14)15-6-5-7-17(12-15)21-13(2)3/h5-13,18,20H,4H2,1-3H3. The van der Waals surface area contributed by atoms with E-state index in [4.69, 9.17) is 4.74 Å². The number of nitrogens with one attached hydrogen (secondary N) is 1. The molecule has 112 valence electrons. The molecule has 0 aromatic heterocycles. The normalized spacial score (nSPS) is 12.4. The van der Waals surface area contributed by atoms with E-state index in [1.165, 1.54) is 11.1 Å². The van der Waals surface area contributed by atoms with Gasteiger partial charge in [-0.25, -0.2) is 0 Å². The summed E-state index contributed by atoms with van der Waals surface area (Å²) in [4.78, 5) is 0. The molecule has 1 unspecified atom stereocenters. The minimum absolute atomic E-state index is 0.179. The summed E-state index contributed by atoms with van der Waals surface area (Å²) in [6.45, 7) is 7.13. The van der Waals surface area contributed by atoms with Crippen LogP contribution in [-0.4, -0.2) is 12.6 Å². The highest BCUT2D eigenvalue weighted by molar-refractivity contribution is 9.10. The van der Waals surface area contributed by atoms with Gasteiger partial charge in [-0.2, -0.15) is 0 Å². The predicted molar refractivity (Wildman–Crippen MR) is 91.9 cm³/mol. The van der Waals surface area contributed by atoms with Gasteiger partial charge in [0, 0.05) is 4.47 Å². The summed E-state index contributed by atoms with van der Waals surface area (Å²) in [6, 6.07) is 16.9. The van der Waals surface area contributed by atoms with Crippen LogP contribution in [0.15, 0.2) is 53.0 Å². The van der Waals surface area contributed by atoms with E-state index in [2.05, 4.69) is 70.6 Å². The molecular formula is C18H22BrNO. The van der Waals surface area contributed by atoms with Crippen molar-refractivity contribution in [2.75, 3.05) is 6.54 Å². The Bertz CT molecular complexity index is 566. The third kappa shape index (κ3) is 4.58. The number of ether oxygens (including phenoxy) is 1. The van der Waals surface area contributed by atoms with E-state index in [1.807, 2.05) is 19.9 Å². The lowest BCUT2D eigenvalue weighted by Crippen LogP contribution is -2.22. The average Bonchev–Trinajstić information content (AvgIpc) is 2.45. The van der Waals surface area contributed by atoms with Crippen LogP contribution in [0.3, 0.4) is 0 Å². The molecule has 0 radical (unpaired) electrons. The smallest absolute Gasteiger partial charge is 0.120 e. The Hall–Kier alpha value is -1.32. The van der Waals surface area contributed by atoms with Gasteiger partial charge in [-0.05, 0) is 55.8 Å². The minimum atomic E-state index is 0.179. The average molecular weight is 348 g/mol. The van der Waals surface area contributed by atoms with Gasteiger partial charge >= 0.3 is 0 Å². The molecule has 1 atom stereocenters. The summed E-state index contributed by atoms with van der Waals surface area (Å²) in [6.07, 6.45) is 0.186. The first-order valence-electron chi connectivity index (χ1n) is 7.35. The van der Waals surface area contributed by atoms with Crippen molar-refractivity contribution in [3.63, 3.8) is 0 Å². The van der Waals surface area contributed by atoms with Gasteiger partial charge < -0.3 is 10.1 Å². The number of hydrogen-bond acceptors (Lipinski definition) is 2. The van der Waals surface area contributed by atoms with E-state index in [-0.39, 0.29) is 12.1 Å². The van der Waals surface area contributed by atoms with Crippen molar-refractivity contribution in [2.24, 2.45) is 0 Å². The molecule has 3 heteroatoms. The summed E-state index contributed by atoms with van der Waals surface area (Å²) in [5.41, 5.74) is 2.47. The van der Waals surface area contributed by atoms with Gasteiger partial charge in [-0.15, -0.1) is 0 Å². The van der Waals surface area contributed by atoms with Gasteiger partial charge in [0.05, 0.1) is 12.1 Å². The Morgan fingerprint density at radius 3 is 2.38 bits per heavy atom. The number of hydrogen-bond donors (Lipinski definition) is 1. The molecule has 0 amide bonds. The highest BCUT2D eigenvalue weighted by atomic mass is 79.9. The molecule has 0 aliphatic carbocycles. The summed E-state index contributed by atoms with van der Waals surface area (Å²) >= 11 is 3.49. The van der Waals surface area contributed by atoms with E-state index >= 15 is 0 Å². The first-order valence-corrected chi connectivity index (χ1v) is 8.15. The zero-order valence-corrected chi connectivity index (χ0v) is 14.4. The van der Waals surface area contributed by atoms with E-state index < -0.39 is 0 Å². The highest BCUT2D eigenvalue weighted by Gasteiger charge is 2.13. The SMILES string of the molecule is CCNC(c1ccc(Br)cc1)c1cccc(OC(C)C)c1. The van der Waals surface area contributed by atoms with E-state index in [1.54, 1.807) is 0 Å². The lowest BCUT2D eigenvalue weighted by molar-refractivity contribution is 0.242. The fraction of sp³-hybridized carbons (Fsp3) is 0.333. The molecule has 2 nitrogen and oxygen atoms in total. The lowest BCUT2D eigenvalue weighted by Gasteiger charge is -2.20. The Kier molecular flexibility index (Phi) is 5.83. The van der Waals surface area contributed by atoms with Crippen LogP contribution in [0.4, 0.5) is 0 Å². The third-order valence-electron chi connectivity index (χ3n) is 3.17. The summed E-state index contributed by atoms with van der Waals surface area (Å²) in [7, 11) is 0. The van der Waals surface area contributed by atoms with E-state index in [0.29, 0.717) is 0 Å². The molecule has 0 saturated carbocycles. The fourth-order valence-corrected chi connectivity index (χ4v) is 2.59. The maximum absolute atomic E-state index is 5.80. The van der Waals surface area contributed by atoms with Crippen LogP contribution in [0.1, 0.15) is 37.9 Å². The Labute approximate surface area is 135 Å². The van der Waals surface area contributed by atoms with Crippen LogP contribution in [0.2, 0.25) is 0 Å². The van der Waals surface area contributed by atoms with Crippen molar-refractivity contribution in [1.29, 1.82) is 0 Å². The molecule has 0 aliphatic rings. The maximum atomic E-state index is 5.80. The Balaban J connectivity index is 2.31. The van der Waals surface area contributed by atoms with Crippen LogP contribution < -0.4 is 10.1 Å². The first kappa shape index (κ1) is 16.1. The molecule has 0 fully saturated rings. The minimum Gasteiger partial charge on any atom is -0.491 e. The maximum Gasteiger partial charge on any atom is 0.120 e. The van der Waals surface area contributed by atoms with Gasteiger partial charge in [0.2, 0.25) is 0 Å². The Morgan fingerprint density at radius 1 is 1.05 bits per heavy atom. The molecule has 2 aromatic rings. The molecular weight excluding hydrogens is 326 g/mol. The van der Waals surface area contributed by atoms with Crippen molar-refractivity contribution in [2.45, 2.75) is 32.9 Å². The fourth-order valence-electron chi connectivity index (χ4n) is 2.33. The zero-order valence-electron chi connectivity index (χ0n) is 12.8. The first-order chi connectivity index (χ1) is 10.1. The zero-order chi connectivity index (χ0) is 15.2. The van der Waals surface area contributed by atoms with Gasteiger partial charge in [0.15, 0.2) is 0 Å². The summed E-state index contributed by atoms with van der Waals surface area (Å²) in [5.74, 6) is 0.919. The second-order valence-corrected chi connectivity index (χ2v) is 6.20. The second kappa shape index (κ2) is 7.62. The van der Waals surface area contributed by atoms with Gasteiger partial charge in [0.1, 0.15) is 5.75 Å². The topological polar surface area (TPSA) is 21.3 Å². The predicted octanol–water partition coefficient (Wildman–Crippen LogP) is 4.94. The van der Waals surface area contributed by atoms with Crippen molar-refractivity contribution in [3.8, 4) is 5.75 Å². The Morgan fingerprint density at radius 2 is 1.76 bits per heavy atom. The van der Waals surface area contributed by atoms with Crippen molar-refractivity contribution >= 4 is 15.9 Å². The van der Waals surface area contributed by atoms with Crippen LogP contribution in [0.25, 0.3) is 0 Å². The molecule has 2 rings (SSSR count). The largest absolute Gasteiger partial charge is 0.491 e. The second-order valence-electron chi connectivity index (χ2n) is 5.28. The van der Waals surface area contributed by atoms with Crippen LogP contribution in [0.5, 0.6) is 5.75 Å². The molecule has 21 heavy (non-hydrogen) atoms. The van der Waals surface area contributed by atoms with Crippen LogP contribution in [0, 0.1) is 0 Å². The quantitative estimate of drug-likeness (QED) is 0.799. The molecule has 0 saturated heterocycles. The van der Waals surface area contributed by atoms with E-state index in [0.717, 1.165) is 16.8 Å². The number of halogens is 1. The molecule has 0 bridgehead atoms. The van der Waals surface area contributed by atoms with Crippen LogP contribution >= 0.6 is 15.9 Å². The van der Waals surface area contributed by atoms with Crippen molar-refractivity contribution < 1.29 is 4.74 Å². The number of benzene rings is 2. The van der Waals surface area contributed by atoms with Crippen LogP contribution in [-0.2, 0) is 0 Å². The molecule has 0 aliphatic heterocycles. The van der Waals surface area contributed by atoms with E-state index in [9.17, 15) is 0 Å². The van der Waals surface area contributed by atoms with Gasteiger partial charge in [-0.3, -0.25) is 0 Å². The van der Waals surface area contributed by atoms with Crippen molar-refractivity contribution in [3.05, 3.63) is 64.1 Å². The molecule has 0 heterocycles. The summed E-state index contributed by atoms with van der Waals surface area (Å²) < 4.78 is 6.90. The lowest BCUT2D eigenvalue weighted by atomic mass is 9.98. The highest BCUT2D eigenvalue weighted by Crippen LogP contribution is 2.26. The third-order valence-corrected chi connectivity index (χ3v) is 3.70. The van der Waals surface area contributed by atoms with Gasteiger partial charge in [0.25, 0.3) is 0 Å². The van der Waals surface area contributed by atoms with Gasteiger partial charge in [-0.1, -0.05) is 47.1 Å².